The summed E-state index contributed by atoms with van der Waals surface area (Å²) in [5.74, 6) is -0.718. The Labute approximate surface area is 126 Å². The number of para-hydroxylation sites is 1. The number of anilines is 2. The van der Waals surface area contributed by atoms with Crippen LogP contribution in [0.1, 0.15) is 10.4 Å². The summed E-state index contributed by atoms with van der Waals surface area (Å²) in [4.78, 5) is 18.9. The lowest BCUT2D eigenvalue weighted by Crippen LogP contribution is -2.15. The highest BCUT2D eigenvalue weighted by Crippen LogP contribution is 2.25. The molecule has 0 radical (unpaired) electrons. The summed E-state index contributed by atoms with van der Waals surface area (Å²) >= 11 is 5.68. The van der Waals surface area contributed by atoms with Crippen molar-refractivity contribution in [2.24, 2.45) is 5.73 Å². The molecule has 0 atom stereocenters. The lowest BCUT2D eigenvalue weighted by molar-refractivity contribution is 0.100. The molecular weight excluding hydrogens is 316 g/mol. The van der Waals surface area contributed by atoms with Crippen molar-refractivity contribution in [3.05, 3.63) is 41.3 Å². The predicted octanol–water partition coefficient (Wildman–Crippen LogP) is 1.38. The fourth-order valence-corrected chi connectivity index (χ4v) is 2.63. The first-order chi connectivity index (χ1) is 9.79. The van der Waals surface area contributed by atoms with Crippen molar-refractivity contribution in [1.82, 2.24) is 9.97 Å². The molecule has 1 aromatic heterocycles. The van der Waals surface area contributed by atoms with Crippen LogP contribution in [0.25, 0.3) is 0 Å². The molecule has 0 saturated heterocycles. The average molecular weight is 327 g/mol. The van der Waals surface area contributed by atoms with E-state index in [0.717, 1.165) is 6.26 Å². The first-order valence-corrected chi connectivity index (χ1v) is 7.94. The Hall–Kier alpha value is -2.19. The highest BCUT2D eigenvalue weighted by atomic mass is 35.5. The summed E-state index contributed by atoms with van der Waals surface area (Å²) in [5, 5.41) is 2.66. The van der Waals surface area contributed by atoms with Crippen LogP contribution >= 0.6 is 11.6 Å². The summed E-state index contributed by atoms with van der Waals surface area (Å²) in [5.41, 5.74) is 5.49. The molecule has 0 saturated carbocycles. The van der Waals surface area contributed by atoms with Crippen LogP contribution in [0.3, 0.4) is 0 Å². The van der Waals surface area contributed by atoms with Gasteiger partial charge < -0.3 is 11.1 Å². The molecular formula is C12H11ClN4O3S. The maximum atomic E-state index is 11.7. The molecule has 2 aromatic rings. The van der Waals surface area contributed by atoms with Crippen LogP contribution < -0.4 is 11.1 Å². The van der Waals surface area contributed by atoms with Crippen molar-refractivity contribution in [1.29, 1.82) is 0 Å². The molecule has 1 heterocycles. The number of rotatable bonds is 4. The van der Waals surface area contributed by atoms with E-state index in [9.17, 15) is 13.2 Å². The maximum Gasteiger partial charge on any atom is 0.254 e. The van der Waals surface area contributed by atoms with E-state index >= 15 is 0 Å². The second-order valence-corrected chi connectivity index (χ2v) is 6.48. The van der Waals surface area contributed by atoms with E-state index in [4.69, 9.17) is 17.3 Å². The van der Waals surface area contributed by atoms with Gasteiger partial charge in [0.1, 0.15) is 11.4 Å². The minimum Gasteiger partial charge on any atom is -0.365 e. The molecule has 1 aromatic carbocycles. The van der Waals surface area contributed by atoms with Gasteiger partial charge >= 0.3 is 0 Å². The van der Waals surface area contributed by atoms with Gasteiger partial charge in [-0.2, -0.15) is 4.98 Å². The lowest BCUT2D eigenvalue weighted by atomic mass is 10.2. The minimum absolute atomic E-state index is 0.00250. The third-order valence-electron chi connectivity index (χ3n) is 2.56. The molecule has 2 rings (SSSR count). The number of nitrogens with zero attached hydrogens (tertiary/aromatic N) is 2. The standard InChI is InChI=1S/C12H11ClN4O3S/c1-21(19,20)9-5-3-2-4-8(9)16-11-7(10(14)18)6-15-12(13)17-11/h2-6H,1H3,(H2,14,18)(H,15,16,17). The number of carbonyl (C=O) groups excluding carboxylic acids is 1. The first-order valence-electron chi connectivity index (χ1n) is 5.67. The molecule has 0 bridgehead atoms. The Balaban J connectivity index is 2.54. The molecule has 1 amide bonds. The van der Waals surface area contributed by atoms with Gasteiger partial charge in [0.15, 0.2) is 9.84 Å². The van der Waals surface area contributed by atoms with Gasteiger partial charge in [-0.05, 0) is 23.7 Å². The number of nitrogens with one attached hydrogen (secondary N) is 1. The van der Waals surface area contributed by atoms with Crippen molar-refractivity contribution >= 4 is 38.9 Å². The monoisotopic (exact) mass is 326 g/mol. The number of hydrogen-bond acceptors (Lipinski definition) is 6. The Morgan fingerprint density at radius 2 is 2.00 bits per heavy atom. The number of benzene rings is 1. The van der Waals surface area contributed by atoms with Gasteiger partial charge in [0.2, 0.25) is 5.28 Å². The molecule has 0 aliphatic rings. The zero-order valence-electron chi connectivity index (χ0n) is 10.9. The topological polar surface area (TPSA) is 115 Å². The van der Waals surface area contributed by atoms with Crippen molar-refractivity contribution in [2.45, 2.75) is 4.90 Å². The number of aromatic nitrogens is 2. The van der Waals surface area contributed by atoms with Crippen LogP contribution in [0.15, 0.2) is 35.4 Å². The largest absolute Gasteiger partial charge is 0.365 e. The highest BCUT2D eigenvalue weighted by Gasteiger charge is 2.16. The second-order valence-electron chi connectivity index (χ2n) is 4.16. The average Bonchev–Trinajstić information content (AvgIpc) is 2.37. The zero-order valence-corrected chi connectivity index (χ0v) is 12.4. The van der Waals surface area contributed by atoms with Crippen LogP contribution in [0.4, 0.5) is 11.5 Å². The number of sulfone groups is 1. The molecule has 0 fully saturated rings. The van der Waals surface area contributed by atoms with E-state index in [-0.39, 0.29) is 27.2 Å². The maximum absolute atomic E-state index is 11.7. The summed E-state index contributed by atoms with van der Waals surface area (Å²) in [6.45, 7) is 0. The lowest BCUT2D eigenvalue weighted by Gasteiger charge is -2.12. The minimum atomic E-state index is -3.45. The van der Waals surface area contributed by atoms with Crippen molar-refractivity contribution in [3.8, 4) is 0 Å². The molecule has 0 unspecified atom stereocenters. The van der Waals surface area contributed by atoms with Gasteiger partial charge in [-0.25, -0.2) is 13.4 Å². The number of amides is 1. The van der Waals surface area contributed by atoms with Gasteiger partial charge in [0.25, 0.3) is 5.91 Å². The molecule has 21 heavy (non-hydrogen) atoms. The van der Waals surface area contributed by atoms with Crippen LogP contribution in [0.2, 0.25) is 5.28 Å². The van der Waals surface area contributed by atoms with E-state index in [1.807, 2.05) is 0 Å². The van der Waals surface area contributed by atoms with E-state index in [2.05, 4.69) is 15.3 Å². The molecule has 3 N–H and O–H groups in total. The SMILES string of the molecule is CS(=O)(=O)c1ccccc1Nc1nc(Cl)ncc1C(N)=O. The summed E-state index contributed by atoms with van der Waals surface area (Å²) in [7, 11) is -3.45. The molecule has 0 spiro atoms. The van der Waals surface area contributed by atoms with Crippen LogP contribution in [-0.4, -0.2) is 30.5 Å². The number of carbonyl (C=O) groups is 1. The van der Waals surface area contributed by atoms with Crippen molar-refractivity contribution < 1.29 is 13.2 Å². The van der Waals surface area contributed by atoms with Gasteiger partial charge in [-0.1, -0.05) is 12.1 Å². The zero-order chi connectivity index (χ0) is 15.6. The number of halogens is 1. The Bertz CT molecular complexity index is 808. The number of nitrogens with two attached hydrogens (primary N) is 1. The third kappa shape index (κ3) is 3.47. The van der Waals surface area contributed by atoms with Crippen molar-refractivity contribution in [2.75, 3.05) is 11.6 Å². The van der Waals surface area contributed by atoms with E-state index < -0.39 is 15.7 Å². The van der Waals surface area contributed by atoms with Crippen molar-refractivity contribution in [3.63, 3.8) is 0 Å². The highest BCUT2D eigenvalue weighted by molar-refractivity contribution is 7.90. The normalized spacial score (nSPS) is 11.1. The Morgan fingerprint density at radius 1 is 1.33 bits per heavy atom. The molecule has 9 heteroatoms. The third-order valence-corrected chi connectivity index (χ3v) is 3.90. The summed E-state index contributed by atoms with van der Waals surface area (Å²) in [6, 6.07) is 6.20. The fourth-order valence-electron chi connectivity index (χ4n) is 1.66. The summed E-state index contributed by atoms with van der Waals surface area (Å²) < 4.78 is 23.5. The molecule has 110 valence electrons. The van der Waals surface area contributed by atoms with Gasteiger partial charge in [0.05, 0.1) is 10.6 Å². The Morgan fingerprint density at radius 3 is 2.62 bits per heavy atom. The fraction of sp³-hybridized carbons (Fsp3) is 0.0833. The predicted molar refractivity (Wildman–Crippen MR) is 78.4 cm³/mol. The quantitative estimate of drug-likeness (QED) is 0.820. The van der Waals surface area contributed by atoms with E-state index in [1.165, 1.54) is 18.3 Å². The van der Waals surface area contributed by atoms with E-state index in [0.29, 0.717) is 0 Å². The number of hydrogen-bond donors (Lipinski definition) is 2. The van der Waals surface area contributed by atoms with Gasteiger partial charge in [0, 0.05) is 12.5 Å². The first kappa shape index (κ1) is 15.2. The smallest absolute Gasteiger partial charge is 0.254 e. The van der Waals surface area contributed by atoms with E-state index in [1.54, 1.807) is 12.1 Å². The van der Waals surface area contributed by atoms with Crippen LogP contribution in [0, 0.1) is 0 Å². The second kappa shape index (κ2) is 5.66. The van der Waals surface area contributed by atoms with Gasteiger partial charge in [-0.15, -0.1) is 0 Å². The molecule has 7 nitrogen and oxygen atoms in total. The molecule has 0 aliphatic carbocycles. The van der Waals surface area contributed by atoms with Crippen LogP contribution in [-0.2, 0) is 9.84 Å². The van der Waals surface area contributed by atoms with Crippen LogP contribution in [0.5, 0.6) is 0 Å². The number of primary amides is 1. The molecule has 0 aliphatic heterocycles. The van der Waals surface area contributed by atoms with Gasteiger partial charge in [-0.3, -0.25) is 4.79 Å². The Kier molecular flexibility index (Phi) is 4.10. The summed E-state index contributed by atoms with van der Waals surface area (Å²) in [6.07, 6.45) is 2.25.